The molecule has 0 amide bonds. The van der Waals surface area contributed by atoms with Crippen molar-refractivity contribution in [1.29, 1.82) is 0 Å². The van der Waals surface area contributed by atoms with Crippen LogP contribution in [-0.2, 0) is 10.2 Å². The highest BCUT2D eigenvalue weighted by molar-refractivity contribution is 6.35. The average molecular weight is 195 g/mol. The Hall–Kier alpha value is -0.820. The zero-order chi connectivity index (χ0) is 9.53. The Balaban J connectivity index is 2.35. The van der Waals surface area contributed by atoms with Gasteiger partial charge in [-0.1, -0.05) is 37.3 Å². The molecule has 1 saturated carbocycles. The van der Waals surface area contributed by atoms with Crippen LogP contribution in [0, 0.1) is 0 Å². The standard InChI is InChI=1S/C11H11ClO/c1-10(7-11(10,12)8-13)9-5-3-2-4-6-9/h2-6,8H,7H2,1H3/t10-,11+/m1/s1. The third kappa shape index (κ3) is 1.11. The first-order valence-electron chi connectivity index (χ1n) is 4.33. The van der Waals surface area contributed by atoms with Crippen molar-refractivity contribution in [3.63, 3.8) is 0 Å². The molecule has 1 aromatic rings. The summed E-state index contributed by atoms with van der Waals surface area (Å²) < 4.78 is 0. The third-order valence-electron chi connectivity index (χ3n) is 3.00. The number of rotatable bonds is 2. The number of benzene rings is 1. The van der Waals surface area contributed by atoms with Crippen LogP contribution in [0.1, 0.15) is 18.9 Å². The molecular formula is C11H11ClO. The molecule has 13 heavy (non-hydrogen) atoms. The third-order valence-corrected chi connectivity index (χ3v) is 3.64. The number of alkyl halides is 1. The van der Waals surface area contributed by atoms with Crippen LogP contribution in [0.2, 0.25) is 0 Å². The highest BCUT2D eigenvalue weighted by Crippen LogP contribution is 2.60. The first-order chi connectivity index (χ1) is 6.12. The van der Waals surface area contributed by atoms with Crippen LogP contribution in [0.5, 0.6) is 0 Å². The normalized spacial score (nSPS) is 37.1. The van der Waals surface area contributed by atoms with Crippen LogP contribution in [0.4, 0.5) is 0 Å². The van der Waals surface area contributed by atoms with Crippen molar-refractivity contribution in [1.82, 2.24) is 0 Å². The van der Waals surface area contributed by atoms with E-state index >= 15 is 0 Å². The minimum absolute atomic E-state index is 0.155. The number of carbonyl (C=O) groups is 1. The zero-order valence-corrected chi connectivity index (χ0v) is 8.21. The highest BCUT2D eigenvalue weighted by atomic mass is 35.5. The van der Waals surface area contributed by atoms with E-state index < -0.39 is 4.87 Å². The topological polar surface area (TPSA) is 17.1 Å². The van der Waals surface area contributed by atoms with E-state index in [9.17, 15) is 4.79 Å². The molecule has 2 atom stereocenters. The summed E-state index contributed by atoms with van der Waals surface area (Å²) in [6.07, 6.45) is 1.61. The first-order valence-corrected chi connectivity index (χ1v) is 4.71. The quantitative estimate of drug-likeness (QED) is 0.522. The van der Waals surface area contributed by atoms with Gasteiger partial charge < -0.3 is 4.79 Å². The number of halogens is 1. The molecule has 0 unspecified atom stereocenters. The summed E-state index contributed by atoms with van der Waals surface area (Å²) in [5.74, 6) is 0. The molecule has 0 N–H and O–H groups in total. The van der Waals surface area contributed by atoms with Gasteiger partial charge in [0.05, 0.1) is 0 Å². The SMILES string of the molecule is C[C@]1(c2ccccc2)C[C@]1(Cl)C=O. The van der Waals surface area contributed by atoms with E-state index in [1.165, 1.54) is 0 Å². The molecule has 1 nitrogen and oxygen atoms in total. The van der Waals surface area contributed by atoms with Gasteiger partial charge in [0.15, 0.2) is 0 Å². The Morgan fingerprint density at radius 1 is 1.38 bits per heavy atom. The molecule has 1 fully saturated rings. The predicted octanol–water partition coefficient (Wildman–Crippen LogP) is 2.52. The highest BCUT2D eigenvalue weighted by Gasteiger charge is 2.64. The smallest absolute Gasteiger partial charge is 0.141 e. The second-order valence-electron chi connectivity index (χ2n) is 3.86. The number of carbonyl (C=O) groups excluding carboxylic acids is 1. The maximum Gasteiger partial charge on any atom is 0.141 e. The predicted molar refractivity (Wildman–Crippen MR) is 53.1 cm³/mol. The van der Waals surface area contributed by atoms with Gasteiger partial charge >= 0.3 is 0 Å². The van der Waals surface area contributed by atoms with Crippen molar-refractivity contribution in [2.45, 2.75) is 23.6 Å². The summed E-state index contributed by atoms with van der Waals surface area (Å²) in [4.78, 5) is 10.1. The lowest BCUT2D eigenvalue weighted by Crippen LogP contribution is -2.16. The van der Waals surface area contributed by atoms with E-state index in [-0.39, 0.29) is 5.41 Å². The van der Waals surface area contributed by atoms with Crippen molar-refractivity contribution in [2.24, 2.45) is 0 Å². The first kappa shape index (κ1) is 8.76. The number of aldehydes is 1. The molecule has 2 rings (SSSR count). The van der Waals surface area contributed by atoms with Gasteiger partial charge in [-0.3, -0.25) is 0 Å². The Labute approximate surface area is 82.7 Å². The van der Waals surface area contributed by atoms with Crippen molar-refractivity contribution >= 4 is 17.9 Å². The van der Waals surface area contributed by atoms with Crippen LogP contribution in [-0.4, -0.2) is 11.2 Å². The molecule has 1 aromatic carbocycles. The molecule has 0 aromatic heterocycles. The number of hydrogen-bond acceptors (Lipinski definition) is 1. The summed E-state index contributed by atoms with van der Waals surface area (Å²) in [6, 6.07) is 9.95. The maximum atomic E-state index is 10.7. The van der Waals surface area contributed by atoms with Gasteiger partial charge in [-0.25, -0.2) is 0 Å². The molecule has 0 aliphatic heterocycles. The summed E-state index contributed by atoms with van der Waals surface area (Å²) in [6.45, 7) is 2.03. The summed E-state index contributed by atoms with van der Waals surface area (Å²) in [5.41, 5.74) is 0.995. The van der Waals surface area contributed by atoms with E-state index in [0.717, 1.165) is 18.3 Å². The lowest BCUT2D eigenvalue weighted by atomic mass is 9.96. The fourth-order valence-corrected chi connectivity index (χ4v) is 2.17. The van der Waals surface area contributed by atoms with Gasteiger partial charge in [0, 0.05) is 5.41 Å². The fourth-order valence-electron chi connectivity index (χ4n) is 1.79. The van der Waals surface area contributed by atoms with E-state index in [0.29, 0.717) is 0 Å². The molecule has 2 heteroatoms. The van der Waals surface area contributed by atoms with Crippen LogP contribution >= 0.6 is 11.6 Å². The van der Waals surface area contributed by atoms with Gasteiger partial charge in [-0.15, -0.1) is 11.6 Å². The molecule has 0 heterocycles. The van der Waals surface area contributed by atoms with Crippen LogP contribution in [0.25, 0.3) is 0 Å². The van der Waals surface area contributed by atoms with E-state index in [2.05, 4.69) is 0 Å². The van der Waals surface area contributed by atoms with Crippen molar-refractivity contribution in [2.75, 3.05) is 0 Å². The Kier molecular flexibility index (Phi) is 1.74. The second-order valence-corrected chi connectivity index (χ2v) is 4.53. The number of hydrogen-bond donors (Lipinski definition) is 0. The largest absolute Gasteiger partial charge is 0.301 e. The van der Waals surface area contributed by atoms with E-state index in [4.69, 9.17) is 11.6 Å². The maximum absolute atomic E-state index is 10.7. The van der Waals surface area contributed by atoms with Crippen molar-refractivity contribution in [3.8, 4) is 0 Å². The van der Waals surface area contributed by atoms with E-state index in [1.807, 2.05) is 37.3 Å². The second kappa shape index (κ2) is 2.58. The Bertz CT molecular complexity index is 335. The molecule has 0 bridgehead atoms. The lowest BCUT2D eigenvalue weighted by molar-refractivity contribution is -0.108. The minimum Gasteiger partial charge on any atom is -0.301 e. The van der Waals surface area contributed by atoms with Crippen LogP contribution in [0.15, 0.2) is 30.3 Å². The summed E-state index contributed by atoms with van der Waals surface area (Å²) >= 11 is 6.10. The molecule has 0 radical (unpaired) electrons. The zero-order valence-electron chi connectivity index (χ0n) is 7.46. The van der Waals surface area contributed by atoms with Gasteiger partial charge in [-0.05, 0) is 12.0 Å². The molecule has 1 aliphatic rings. The molecule has 0 saturated heterocycles. The molecule has 0 spiro atoms. The van der Waals surface area contributed by atoms with Gasteiger partial charge in [0.1, 0.15) is 11.2 Å². The molecule has 68 valence electrons. The van der Waals surface area contributed by atoms with Crippen molar-refractivity contribution in [3.05, 3.63) is 35.9 Å². The molecule has 1 aliphatic carbocycles. The van der Waals surface area contributed by atoms with Gasteiger partial charge in [0.25, 0.3) is 0 Å². The molecular weight excluding hydrogens is 184 g/mol. The average Bonchev–Trinajstić information content (AvgIpc) is 2.74. The van der Waals surface area contributed by atoms with Crippen LogP contribution in [0.3, 0.4) is 0 Å². The van der Waals surface area contributed by atoms with Gasteiger partial charge in [0.2, 0.25) is 0 Å². The van der Waals surface area contributed by atoms with E-state index in [1.54, 1.807) is 0 Å². The monoisotopic (exact) mass is 194 g/mol. The Morgan fingerprint density at radius 2 is 2.00 bits per heavy atom. The van der Waals surface area contributed by atoms with Gasteiger partial charge in [-0.2, -0.15) is 0 Å². The van der Waals surface area contributed by atoms with Crippen molar-refractivity contribution < 1.29 is 4.79 Å². The minimum atomic E-state index is -0.658. The van der Waals surface area contributed by atoms with Crippen LogP contribution < -0.4 is 0 Å². The summed E-state index contributed by atoms with van der Waals surface area (Å²) in [5, 5.41) is 0. The lowest BCUT2D eigenvalue weighted by Gasteiger charge is -2.12. The fraction of sp³-hybridized carbons (Fsp3) is 0.364. The summed E-state index contributed by atoms with van der Waals surface area (Å²) in [7, 11) is 0. The Morgan fingerprint density at radius 3 is 2.46 bits per heavy atom.